The van der Waals surface area contributed by atoms with Gasteiger partial charge in [0, 0.05) is 18.3 Å². The molecule has 0 aliphatic carbocycles. The van der Waals surface area contributed by atoms with E-state index in [9.17, 15) is 0 Å². The van der Waals surface area contributed by atoms with E-state index in [1.165, 1.54) is 5.56 Å². The molecule has 3 rings (SSSR count). The van der Waals surface area contributed by atoms with Gasteiger partial charge < -0.3 is 10.1 Å². The second-order valence-corrected chi connectivity index (χ2v) is 5.12. The Balaban J connectivity index is 1.78. The van der Waals surface area contributed by atoms with Crippen LogP contribution in [0, 0.1) is 6.92 Å². The van der Waals surface area contributed by atoms with E-state index in [4.69, 9.17) is 4.74 Å². The lowest BCUT2D eigenvalue weighted by atomic mass is 10.2. The molecule has 0 aliphatic rings. The van der Waals surface area contributed by atoms with E-state index in [2.05, 4.69) is 16.6 Å². The molecule has 0 saturated carbocycles. The molecule has 3 aromatic rings. The fourth-order valence-electron chi connectivity index (χ4n) is 2.28. The molecule has 0 unspecified atom stereocenters. The SMILES string of the molecule is CNCc1cn(-c2ccc(Oc3ccccc3)cc2)nc1C. The van der Waals surface area contributed by atoms with Crippen LogP contribution in [0.5, 0.6) is 11.5 Å². The summed E-state index contributed by atoms with van der Waals surface area (Å²) in [5, 5.41) is 7.70. The first kappa shape index (κ1) is 14.4. The third-order valence-electron chi connectivity index (χ3n) is 3.45. The highest BCUT2D eigenvalue weighted by molar-refractivity contribution is 5.39. The molecular weight excluding hydrogens is 274 g/mol. The van der Waals surface area contributed by atoms with Crippen molar-refractivity contribution in [3.63, 3.8) is 0 Å². The normalized spacial score (nSPS) is 10.6. The van der Waals surface area contributed by atoms with Gasteiger partial charge in [0.05, 0.1) is 11.4 Å². The smallest absolute Gasteiger partial charge is 0.127 e. The highest BCUT2D eigenvalue weighted by Gasteiger charge is 2.06. The molecule has 1 aromatic heterocycles. The third kappa shape index (κ3) is 3.18. The average Bonchev–Trinajstić information content (AvgIpc) is 2.91. The Morgan fingerprint density at radius 1 is 1.00 bits per heavy atom. The van der Waals surface area contributed by atoms with Crippen LogP contribution in [0.1, 0.15) is 11.3 Å². The van der Waals surface area contributed by atoms with Crippen LogP contribution in [0.15, 0.2) is 60.8 Å². The van der Waals surface area contributed by atoms with Crippen LogP contribution in [0.25, 0.3) is 5.69 Å². The molecule has 112 valence electrons. The zero-order valence-corrected chi connectivity index (χ0v) is 12.8. The topological polar surface area (TPSA) is 39.1 Å². The van der Waals surface area contributed by atoms with Gasteiger partial charge in [-0.1, -0.05) is 18.2 Å². The molecule has 0 radical (unpaired) electrons. The van der Waals surface area contributed by atoms with Crippen LogP contribution in [0.3, 0.4) is 0 Å². The van der Waals surface area contributed by atoms with Crippen LogP contribution in [0.2, 0.25) is 0 Å². The fraction of sp³-hybridized carbons (Fsp3) is 0.167. The molecule has 2 aromatic carbocycles. The maximum absolute atomic E-state index is 5.80. The van der Waals surface area contributed by atoms with E-state index in [1.807, 2.05) is 73.3 Å². The lowest BCUT2D eigenvalue weighted by Gasteiger charge is -2.06. The van der Waals surface area contributed by atoms with Gasteiger partial charge in [0.2, 0.25) is 0 Å². The molecule has 22 heavy (non-hydrogen) atoms. The van der Waals surface area contributed by atoms with Gasteiger partial charge in [0.1, 0.15) is 11.5 Å². The predicted molar refractivity (Wildman–Crippen MR) is 87.6 cm³/mol. The van der Waals surface area contributed by atoms with Gasteiger partial charge in [-0.3, -0.25) is 0 Å². The molecule has 4 heteroatoms. The molecule has 0 bridgehead atoms. The number of hydrogen-bond acceptors (Lipinski definition) is 3. The summed E-state index contributed by atoms with van der Waals surface area (Å²) in [5.41, 5.74) is 3.26. The highest BCUT2D eigenvalue weighted by Crippen LogP contribution is 2.22. The molecule has 0 fully saturated rings. The lowest BCUT2D eigenvalue weighted by molar-refractivity contribution is 0.482. The molecule has 0 saturated heterocycles. The van der Waals surface area contributed by atoms with Crippen molar-refractivity contribution < 1.29 is 4.74 Å². The van der Waals surface area contributed by atoms with Crippen molar-refractivity contribution in [2.24, 2.45) is 0 Å². The number of hydrogen-bond donors (Lipinski definition) is 1. The maximum atomic E-state index is 5.80. The summed E-state index contributed by atoms with van der Waals surface area (Å²) in [6, 6.07) is 17.7. The molecular formula is C18H19N3O. The number of aromatic nitrogens is 2. The summed E-state index contributed by atoms with van der Waals surface area (Å²) in [5.74, 6) is 1.65. The fourth-order valence-corrected chi connectivity index (χ4v) is 2.28. The minimum absolute atomic E-state index is 0.814. The van der Waals surface area contributed by atoms with Gasteiger partial charge in [0.15, 0.2) is 0 Å². The molecule has 0 amide bonds. The molecule has 0 atom stereocenters. The van der Waals surface area contributed by atoms with Crippen LogP contribution >= 0.6 is 0 Å². The standard InChI is InChI=1S/C18H19N3O/c1-14-15(12-19-2)13-21(20-14)16-8-10-18(11-9-16)22-17-6-4-3-5-7-17/h3-11,13,19H,12H2,1-2H3. The van der Waals surface area contributed by atoms with Gasteiger partial charge >= 0.3 is 0 Å². The summed E-state index contributed by atoms with van der Waals surface area (Å²) < 4.78 is 7.69. The van der Waals surface area contributed by atoms with Crippen LogP contribution < -0.4 is 10.1 Å². The predicted octanol–water partition coefficient (Wildman–Crippen LogP) is 3.69. The number of ether oxygens (including phenoxy) is 1. The molecule has 1 N–H and O–H groups in total. The summed E-state index contributed by atoms with van der Waals surface area (Å²) in [4.78, 5) is 0. The first-order chi connectivity index (χ1) is 10.8. The zero-order chi connectivity index (χ0) is 15.4. The summed E-state index contributed by atoms with van der Waals surface area (Å²) in [7, 11) is 1.94. The van der Waals surface area contributed by atoms with Crippen LogP contribution in [-0.2, 0) is 6.54 Å². The number of nitrogens with zero attached hydrogens (tertiary/aromatic N) is 2. The first-order valence-corrected chi connectivity index (χ1v) is 7.29. The molecule has 0 spiro atoms. The second-order valence-electron chi connectivity index (χ2n) is 5.12. The Labute approximate surface area is 130 Å². The van der Waals surface area contributed by atoms with E-state index < -0.39 is 0 Å². The average molecular weight is 293 g/mol. The third-order valence-corrected chi connectivity index (χ3v) is 3.45. The minimum Gasteiger partial charge on any atom is -0.457 e. The Kier molecular flexibility index (Phi) is 4.21. The monoisotopic (exact) mass is 293 g/mol. The van der Waals surface area contributed by atoms with Gasteiger partial charge in [-0.2, -0.15) is 5.10 Å². The van der Waals surface area contributed by atoms with Crippen molar-refractivity contribution in [2.75, 3.05) is 7.05 Å². The van der Waals surface area contributed by atoms with Crippen molar-refractivity contribution >= 4 is 0 Å². The van der Waals surface area contributed by atoms with Gasteiger partial charge in [-0.05, 0) is 50.4 Å². The number of aryl methyl sites for hydroxylation is 1. The van der Waals surface area contributed by atoms with Gasteiger partial charge in [-0.25, -0.2) is 4.68 Å². The zero-order valence-electron chi connectivity index (χ0n) is 12.8. The Morgan fingerprint density at radius 2 is 1.68 bits per heavy atom. The summed E-state index contributed by atoms with van der Waals surface area (Å²) >= 11 is 0. The van der Waals surface area contributed by atoms with E-state index in [0.29, 0.717) is 0 Å². The Hall–Kier alpha value is -2.59. The number of rotatable bonds is 5. The van der Waals surface area contributed by atoms with Crippen molar-refractivity contribution in [3.8, 4) is 17.2 Å². The largest absolute Gasteiger partial charge is 0.457 e. The van der Waals surface area contributed by atoms with Crippen molar-refractivity contribution in [1.82, 2.24) is 15.1 Å². The van der Waals surface area contributed by atoms with Crippen LogP contribution in [-0.4, -0.2) is 16.8 Å². The second kappa shape index (κ2) is 6.45. The Bertz CT molecular complexity index is 733. The van der Waals surface area contributed by atoms with Crippen molar-refractivity contribution in [3.05, 3.63) is 72.1 Å². The van der Waals surface area contributed by atoms with E-state index in [1.54, 1.807) is 0 Å². The first-order valence-electron chi connectivity index (χ1n) is 7.29. The summed E-state index contributed by atoms with van der Waals surface area (Å²) in [6.45, 7) is 2.84. The molecule has 1 heterocycles. The van der Waals surface area contributed by atoms with Crippen molar-refractivity contribution in [2.45, 2.75) is 13.5 Å². The van der Waals surface area contributed by atoms with Gasteiger partial charge in [0.25, 0.3) is 0 Å². The Morgan fingerprint density at radius 3 is 2.36 bits per heavy atom. The van der Waals surface area contributed by atoms with Gasteiger partial charge in [-0.15, -0.1) is 0 Å². The molecule has 0 aliphatic heterocycles. The van der Waals surface area contributed by atoms with Crippen molar-refractivity contribution in [1.29, 1.82) is 0 Å². The van der Waals surface area contributed by atoms with E-state index >= 15 is 0 Å². The quantitative estimate of drug-likeness (QED) is 0.779. The van der Waals surface area contributed by atoms with E-state index in [0.717, 1.165) is 29.4 Å². The lowest BCUT2D eigenvalue weighted by Crippen LogP contribution is -2.05. The van der Waals surface area contributed by atoms with E-state index in [-0.39, 0.29) is 0 Å². The van der Waals surface area contributed by atoms with Crippen LogP contribution in [0.4, 0.5) is 0 Å². The number of benzene rings is 2. The maximum Gasteiger partial charge on any atom is 0.127 e. The number of para-hydroxylation sites is 1. The highest BCUT2D eigenvalue weighted by atomic mass is 16.5. The molecule has 4 nitrogen and oxygen atoms in total. The number of nitrogens with one attached hydrogen (secondary N) is 1. The minimum atomic E-state index is 0.814. The summed E-state index contributed by atoms with van der Waals surface area (Å²) in [6.07, 6.45) is 2.05.